The van der Waals surface area contributed by atoms with Crippen LogP contribution < -0.4 is 0 Å². The lowest BCUT2D eigenvalue weighted by molar-refractivity contribution is -0.138. The van der Waals surface area contributed by atoms with Crippen LogP contribution in [0.15, 0.2) is 53.4 Å². The smallest absolute Gasteiger partial charge is 0.308 e. The van der Waals surface area contributed by atoms with Gasteiger partial charge in [-0.3, -0.25) is 4.79 Å². The van der Waals surface area contributed by atoms with E-state index in [0.29, 0.717) is 5.02 Å². The second-order valence-corrected chi connectivity index (χ2v) is 8.49. The number of hydrogen-bond donors (Lipinski definition) is 1. The third kappa shape index (κ3) is 2.94. The largest absolute Gasteiger partial charge is 0.481 e. The van der Waals surface area contributed by atoms with Crippen LogP contribution in [0.1, 0.15) is 24.0 Å². The molecule has 0 saturated heterocycles. The van der Waals surface area contributed by atoms with Gasteiger partial charge in [0.15, 0.2) is 9.84 Å². The number of rotatable bonds is 5. The number of carboxylic acid groups (broad SMARTS) is 1. The fourth-order valence-electron chi connectivity index (χ4n) is 3.12. The van der Waals surface area contributed by atoms with E-state index in [1.165, 1.54) is 24.3 Å². The Bertz CT molecular complexity index is 857. The van der Waals surface area contributed by atoms with E-state index < -0.39 is 32.9 Å². The van der Waals surface area contributed by atoms with E-state index in [1.54, 1.807) is 0 Å². The van der Waals surface area contributed by atoms with Crippen LogP contribution in [0, 0.1) is 5.92 Å². The minimum absolute atomic E-state index is 0.107. The Morgan fingerprint density at radius 1 is 1.08 bits per heavy atom. The maximum atomic E-state index is 12.8. The molecule has 0 spiro atoms. The first-order valence-corrected chi connectivity index (χ1v) is 9.59. The summed E-state index contributed by atoms with van der Waals surface area (Å²) in [4.78, 5) is 11.6. The summed E-state index contributed by atoms with van der Waals surface area (Å²) in [5, 5.41) is 8.92. The Morgan fingerprint density at radius 3 is 2.17 bits per heavy atom. The highest BCUT2D eigenvalue weighted by atomic mass is 35.5. The Labute approximate surface area is 146 Å². The molecule has 0 amide bonds. The standard InChI is InChI=1S/C18H17ClO4S/c1-2-11-3-5-12(6-4-11)15-16(18(20)21)17(15)24(22,23)14-9-7-13(19)8-10-14/h3-10,15-17H,2H2,1H3,(H,20,21)/t15-,16-,17+/m1/s1. The topological polar surface area (TPSA) is 71.4 Å². The predicted octanol–water partition coefficient (Wildman–Crippen LogP) is 3.54. The van der Waals surface area contributed by atoms with E-state index in [4.69, 9.17) is 11.6 Å². The van der Waals surface area contributed by atoms with Crippen molar-refractivity contribution in [2.75, 3.05) is 0 Å². The highest BCUT2D eigenvalue weighted by Gasteiger charge is 2.63. The van der Waals surface area contributed by atoms with Gasteiger partial charge in [-0.05, 0) is 41.8 Å². The molecule has 1 N–H and O–H groups in total. The van der Waals surface area contributed by atoms with Crippen molar-refractivity contribution in [3.8, 4) is 0 Å². The Hall–Kier alpha value is -1.85. The number of carbonyl (C=O) groups is 1. The Kier molecular flexibility index (Phi) is 4.40. The van der Waals surface area contributed by atoms with Crippen LogP contribution >= 0.6 is 11.6 Å². The average molecular weight is 365 g/mol. The van der Waals surface area contributed by atoms with Gasteiger partial charge in [0.05, 0.1) is 16.1 Å². The molecular formula is C18H17ClO4S. The Morgan fingerprint density at radius 2 is 1.67 bits per heavy atom. The lowest BCUT2D eigenvalue weighted by Gasteiger charge is -2.05. The first-order chi connectivity index (χ1) is 11.4. The summed E-state index contributed by atoms with van der Waals surface area (Å²) in [6.07, 6.45) is 0.875. The lowest BCUT2D eigenvalue weighted by atomic mass is 10.1. The maximum Gasteiger partial charge on any atom is 0.308 e. The number of hydrogen-bond acceptors (Lipinski definition) is 3. The van der Waals surface area contributed by atoms with Gasteiger partial charge in [0.25, 0.3) is 0 Å². The molecule has 1 aliphatic carbocycles. The Balaban J connectivity index is 1.96. The molecule has 0 aromatic heterocycles. The third-order valence-electron chi connectivity index (χ3n) is 4.51. The van der Waals surface area contributed by atoms with Crippen molar-refractivity contribution >= 4 is 27.4 Å². The van der Waals surface area contributed by atoms with Crippen molar-refractivity contribution in [3.63, 3.8) is 0 Å². The van der Waals surface area contributed by atoms with Crippen molar-refractivity contribution in [2.45, 2.75) is 29.4 Å². The summed E-state index contributed by atoms with van der Waals surface area (Å²) in [5.41, 5.74) is 1.88. The maximum absolute atomic E-state index is 12.8. The van der Waals surface area contributed by atoms with Gasteiger partial charge < -0.3 is 5.11 Å². The summed E-state index contributed by atoms with van der Waals surface area (Å²) in [7, 11) is -3.73. The first kappa shape index (κ1) is 17.0. The molecule has 0 heterocycles. The van der Waals surface area contributed by atoms with Crippen LogP contribution in [0.4, 0.5) is 0 Å². The van der Waals surface area contributed by atoms with Crippen molar-refractivity contribution in [1.82, 2.24) is 0 Å². The van der Waals surface area contributed by atoms with Crippen LogP contribution in [-0.4, -0.2) is 24.7 Å². The van der Waals surface area contributed by atoms with Gasteiger partial charge in [0.1, 0.15) is 0 Å². The third-order valence-corrected chi connectivity index (χ3v) is 7.00. The van der Waals surface area contributed by atoms with Crippen LogP contribution in [-0.2, 0) is 21.1 Å². The summed E-state index contributed by atoms with van der Waals surface area (Å²) in [6, 6.07) is 13.3. The molecule has 4 nitrogen and oxygen atoms in total. The second-order valence-electron chi connectivity index (χ2n) is 5.95. The number of benzene rings is 2. The van der Waals surface area contributed by atoms with Crippen LogP contribution in [0.2, 0.25) is 5.02 Å². The molecule has 1 aliphatic rings. The molecule has 0 radical (unpaired) electrons. The summed E-state index contributed by atoms with van der Waals surface area (Å²) in [5.74, 6) is -2.52. The molecule has 0 unspecified atom stereocenters. The molecule has 0 aliphatic heterocycles. The zero-order valence-electron chi connectivity index (χ0n) is 13.0. The number of aliphatic carboxylic acids is 1. The van der Waals surface area contributed by atoms with Gasteiger partial charge in [-0.25, -0.2) is 8.42 Å². The first-order valence-electron chi connectivity index (χ1n) is 7.67. The normalized spacial score (nSPS) is 23.0. The van der Waals surface area contributed by atoms with E-state index in [9.17, 15) is 18.3 Å². The predicted molar refractivity (Wildman–Crippen MR) is 92.1 cm³/mol. The van der Waals surface area contributed by atoms with Crippen LogP contribution in [0.25, 0.3) is 0 Å². The van der Waals surface area contributed by atoms with Crippen LogP contribution in [0.3, 0.4) is 0 Å². The highest BCUT2D eigenvalue weighted by molar-refractivity contribution is 7.92. The molecule has 1 fully saturated rings. The number of aryl methyl sites for hydroxylation is 1. The van der Waals surface area contributed by atoms with Crippen molar-refractivity contribution in [3.05, 3.63) is 64.7 Å². The minimum Gasteiger partial charge on any atom is -0.481 e. The molecule has 1 saturated carbocycles. The average Bonchev–Trinajstić information content (AvgIpc) is 3.32. The van der Waals surface area contributed by atoms with Gasteiger partial charge in [-0.2, -0.15) is 0 Å². The van der Waals surface area contributed by atoms with Gasteiger partial charge in [-0.1, -0.05) is 42.8 Å². The molecule has 6 heteroatoms. The quantitative estimate of drug-likeness (QED) is 0.880. The molecule has 2 aromatic carbocycles. The monoisotopic (exact) mass is 364 g/mol. The highest BCUT2D eigenvalue weighted by Crippen LogP contribution is 2.54. The second kappa shape index (κ2) is 6.22. The number of halogens is 1. The van der Waals surface area contributed by atoms with Crippen molar-refractivity contribution in [2.24, 2.45) is 5.92 Å². The van der Waals surface area contributed by atoms with E-state index >= 15 is 0 Å². The fraction of sp³-hybridized carbons (Fsp3) is 0.278. The molecule has 126 valence electrons. The fourth-order valence-corrected chi connectivity index (χ4v) is 5.37. The van der Waals surface area contributed by atoms with Crippen molar-refractivity contribution in [1.29, 1.82) is 0 Å². The summed E-state index contributed by atoms with van der Waals surface area (Å²) in [6.45, 7) is 2.03. The number of sulfone groups is 1. The van der Waals surface area contributed by atoms with E-state index in [0.717, 1.165) is 17.5 Å². The van der Waals surface area contributed by atoms with Gasteiger partial charge in [0, 0.05) is 10.9 Å². The van der Waals surface area contributed by atoms with Crippen molar-refractivity contribution < 1.29 is 18.3 Å². The zero-order chi connectivity index (χ0) is 17.5. The van der Waals surface area contributed by atoms with E-state index in [2.05, 4.69) is 0 Å². The van der Waals surface area contributed by atoms with Gasteiger partial charge in [-0.15, -0.1) is 0 Å². The molecule has 3 atom stereocenters. The summed E-state index contributed by atoms with van der Waals surface area (Å²) < 4.78 is 25.6. The summed E-state index contributed by atoms with van der Waals surface area (Å²) >= 11 is 5.80. The van der Waals surface area contributed by atoms with Gasteiger partial charge >= 0.3 is 5.97 Å². The van der Waals surface area contributed by atoms with E-state index in [-0.39, 0.29) is 4.90 Å². The zero-order valence-corrected chi connectivity index (χ0v) is 14.6. The van der Waals surface area contributed by atoms with Gasteiger partial charge in [0.2, 0.25) is 0 Å². The molecule has 0 bridgehead atoms. The lowest BCUT2D eigenvalue weighted by Crippen LogP contribution is -2.13. The molecule has 24 heavy (non-hydrogen) atoms. The molecular weight excluding hydrogens is 348 g/mol. The minimum atomic E-state index is -3.73. The molecule has 3 rings (SSSR count). The van der Waals surface area contributed by atoms with E-state index in [1.807, 2.05) is 31.2 Å². The number of carboxylic acids is 1. The molecule has 2 aromatic rings. The van der Waals surface area contributed by atoms with Crippen LogP contribution in [0.5, 0.6) is 0 Å². The SMILES string of the molecule is CCc1ccc([C@@H]2[C@@H](C(=O)O)[C@H]2S(=O)(=O)c2ccc(Cl)cc2)cc1.